The van der Waals surface area contributed by atoms with Crippen LogP contribution in [0.3, 0.4) is 0 Å². The number of benzene rings is 3. The lowest BCUT2D eigenvalue weighted by atomic mass is 9.80. The Morgan fingerprint density at radius 2 is 1.48 bits per heavy atom. The van der Waals surface area contributed by atoms with Gasteiger partial charge in [0.2, 0.25) is 0 Å². The van der Waals surface area contributed by atoms with Gasteiger partial charge in [0.25, 0.3) is 0 Å². The summed E-state index contributed by atoms with van der Waals surface area (Å²) in [5, 5.41) is 0. The Hall–Kier alpha value is -3.34. The van der Waals surface area contributed by atoms with Crippen molar-refractivity contribution in [3.63, 3.8) is 0 Å². The molecule has 1 atom stereocenters. The van der Waals surface area contributed by atoms with Gasteiger partial charge >= 0.3 is 8.60 Å². The van der Waals surface area contributed by atoms with E-state index < -0.39 is 8.60 Å². The molecule has 0 aliphatic heterocycles. The zero-order valence-electron chi connectivity index (χ0n) is 16.7. The molecule has 7 heteroatoms. The first-order chi connectivity index (χ1) is 15.0. The molecule has 31 heavy (non-hydrogen) atoms. The van der Waals surface area contributed by atoms with Gasteiger partial charge in [-0.15, -0.1) is 0 Å². The number of ketones is 2. The maximum absolute atomic E-state index is 13.4. The fourth-order valence-electron chi connectivity index (χ4n) is 3.68. The molecule has 1 N–H and O–H groups in total. The number of rotatable bonds is 7. The minimum absolute atomic E-state index is 0.0602. The number of carbonyl (C=O) groups excluding carboxylic acids is 3. The molecule has 0 bridgehead atoms. The number of hydrogen-bond donors (Lipinski definition) is 1. The quantitative estimate of drug-likeness (QED) is 0.329. The molecule has 1 unspecified atom stereocenters. The van der Waals surface area contributed by atoms with Crippen LogP contribution in [0.25, 0.3) is 0 Å². The lowest BCUT2D eigenvalue weighted by Crippen LogP contribution is -2.23. The van der Waals surface area contributed by atoms with E-state index in [2.05, 4.69) is 0 Å². The van der Waals surface area contributed by atoms with Crippen LogP contribution in [0.15, 0.2) is 60.7 Å². The van der Waals surface area contributed by atoms with Crippen LogP contribution in [-0.2, 0) is 6.42 Å². The highest BCUT2D eigenvalue weighted by molar-refractivity contribution is 7.41. The first-order valence-electron chi connectivity index (χ1n) is 9.78. The highest BCUT2D eigenvalue weighted by Gasteiger charge is 2.34. The number of fused-ring (bicyclic) bond motifs is 2. The van der Waals surface area contributed by atoms with Crippen molar-refractivity contribution in [2.75, 3.05) is 0 Å². The standard InChI is InChI=1S/C24H19O6P/c1-2-7-15-9-5-10-17-21(15)24(27)22-18(23(17)26)11-6-13-20(22)30-31(28)29-19-12-4-3-8-16(19)14-25/h3-6,8-14,28H,2,7H2,1H3. The molecule has 0 heterocycles. The second-order valence-electron chi connectivity index (χ2n) is 7.00. The molecular weight excluding hydrogens is 415 g/mol. The fourth-order valence-corrected chi connectivity index (χ4v) is 4.38. The Bertz CT molecular complexity index is 1190. The Morgan fingerprint density at radius 3 is 2.23 bits per heavy atom. The molecule has 6 nitrogen and oxygen atoms in total. The van der Waals surface area contributed by atoms with Gasteiger partial charge in [0.05, 0.1) is 11.1 Å². The Labute approximate surface area is 180 Å². The second-order valence-corrected chi connectivity index (χ2v) is 7.84. The zero-order chi connectivity index (χ0) is 22.0. The summed E-state index contributed by atoms with van der Waals surface area (Å²) in [5.41, 5.74) is 2.15. The van der Waals surface area contributed by atoms with E-state index in [1.807, 2.05) is 13.0 Å². The maximum atomic E-state index is 13.4. The van der Waals surface area contributed by atoms with Crippen molar-refractivity contribution < 1.29 is 28.3 Å². The first kappa shape index (κ1) is 20.9. The van der Waals surface area contributed by atoms with Crippen LogP contribution < -0.4 is 9.05 Å². The van der Waals surface area contributed by atoms with Crippen molar-refractivity contribution in [3.8, 4) is 11.5 Å². The molecule has 0 spiro atoms. The number of para-hydroxylation sites is 1. The van der Waals surface area contributed by atoms with E-state index in [1.165, 1.54) is 12.1 Å². The molecule has 0 saturated carbocycles. The zero-order valence-corrected chi connectivity index (χ0v) is 17.6. The van der Waals surface area contributed by atoms with Crippen LogP contribution in [0.5, 0.6) is 11.5 Å². The highest BCUT2D eigenvalue weighted by atomic mass is 31.2. The third-order valence-electron chi connectivity index (χ3n) is 5.04. The van der Waals surface area contributed by atoms with Crippen molar-refractivity contribution in [2.24, 2.45) is 0 Å². The predicted octanol–water partition coefficient (Wildman–Crippen LogP) is 4.90. The molecule has 0 fully saturated rings. The topological polar surface area (TPSA) is 89.9 Å². The van der Waals surface area contributed by atoms with Gasteiger partial charge in [0, 0.05) is 16.7 Å². The summed E-state index contributed by atoms with van der Waals surface area (Å²) in [6.45, 7) is 2.00. The first-order valence-corrected chi connectivity index (χ1v) is 10.9. The number of aryl methyl sites for hydroxylation is 1. The van der Waals surface area contributed by atoms with Gasteiger partial charge in [-0.25, -0.2) is 0 Å². The number of carbonyl (C=O) groups is 3. The smallest absolute Gasteiger partial charge is 0.417 e. The van der Waals surface area contributed by atoms with Gasteiger partial charge in [-0.2, -0.15) is 0 Å². The van der Waals surface area contributed by atoms with Crippen LogP contribution in [0.1, 0.15) is 61.1 Å². The Kier molecular flexibility index (Phi) is 5.94. The third kappa shape index (κ3) is 3.88. The minimum Gasteiger partial charge on any atom is -0.417 e. The van der Waals surface area contributed by atoms with Gasteiger partial charge in [0.15, 0.2) is 17.9 Å². The van der Waals surface area contributed by atoms with Crippen molar-refractivity contribution in [1.29, 1.82) is 0 Å². The van der Waals surface area contributed by atoms with Crippen molar-refractivity contribution in [2.45, 2.75) is 19.8 Å². The third-order valence-corrected chi connectivity index (χ3v) is 5.74. The minimum atomic E-state index is -2.51. The molecule has 0 amide bonds. The molecule has 156 valence electrons. The van der Waals surface area contributed by atoms with Gasteiger partial charge < -0.3 is 13.9 Å². The van der Waals surface area contributed by atoms with Gasteiger partial charge in [0.1, 0.15) is 11.5 Å². The van der Waals surface area contributed by atoms with Crippen molar-refractivity contribution in [1.82, 2.24) is 0 Å². The van der Waals surface area contributed by atoms with Crippen LogP contribution in [-0.4, -0.2) is 22.7 Å². The average molecular weight is 434 g/mol. The summed E-state index contributed by atoms with van der Waals surface area (Å²) in [6, 6.07) is 16.4. The largest absolute Gasteiger partial charge is 0.460 e. The van der Waals surface area contributed by atoms with E-state index in [0.717, 1.165) is 12.0 Å². The van der Waals surface area contributed by atoms with Crippen molar-refractivity contribution >= 4 is 26.5 Å². The van der Waals surface area contributed by atoms with Gasteiger partial charge in [-0.3, -0.25) is 14.4 Å². The summed E-state index contributed by atoms with van der Waals surface area (Å²) >= 11 is 0. The average Bonchev–Trinajstić information content (AvgIpc) is 2.78. The molecule has 0 saturated heterocycles. The SMILES string of the molecule is CCCc1cccc2c1C(=O)c1c(OP(O)Oc3ccccc3C=O)cccc1C2=O. The van der Waals surface area contributed by atoms with Crippen LogP contribution in [0.2, 0.25) is 0 Å². The summed E-state index contributed by atoms with van der Waals surface area (Å²) in [6.07, 6.45) is 2.10. The lowest BCUT2D eigenvalue weighted by molar-refractivity contribution is 0.0976. The van der Waals surface area contributed by atoms with E-state index >= 15 is 0 Å². The molecule has 0 aromatic heterocycles. The molecule has 1 aliphatic carbocycles. The molecule has 4 rings (SSSR count). The van der Waals surface area contributed by atoms with Crippen LogP contribution in [0, 0.1) is 0 Å². The Morgan fingerprint density at radius 1 is 0.839 bits per heavy atom. The highest BCUT2D eigenvalue weighted by Crippen LogP contribution is 2.42. The van der Waals surface area contributed by atoms with E-state index in [1.54, 1.807) is 42.5 Å². The molecule has 3 aromatic rings. The van der Waals surface area contributed by atoms with Crippen molar-refractivity contribution in [3.05, 3.63) is 94.0 Å². The Balaban J connectivity index is 1.70. The molecular formula is C24H19O6P. The van der Waals surface area contributed by atoms with E-state index in [4.69, 9.17) is 9.05 Å². The molecule has 3 aromatic carbocycles. The monoisotopic (exact) mass is 434 g/mol. The molecule has 1 aliphatic rings. The van der Waals surface area contributed by atoms with Gasteiger partial charge in [-0.1, -0.05) is 55.8 Å². The lowest BCUT2D eigenvalue weighted by Gasteiger charge is -2.23. The number of aldehydes is 1. The van der Waals surface area contributed by atoms with Crippen LogP contribution >= 0.6 is 8.60 Å². The van der Waals surface area contributed by atoms with E-state index in [0.29, 0.717) is 23.8 Å². The van der Waals surface area contributed by atoms with Crippen LogP contribution in [0.4, 0.5) is 0 Å². The molecule has 0 radical (unpaired) electrons. The second kappa shape index (κ2) is 8.80. The maximum Gasteiger partial charge on any atom is 0.460 e. The number of hydrogen-bond acceptors (Lipinski definition) is 6. The summed E-state index contributed by atoms with van der Waals surface area (Å²) < 4.78 is 11.0. The van der Waals surface area contributed by atoms with E-state index in [-0.39, 0.29) is 39.8 Å². The summed E-state index contributed by atoms with van der Waals surface area (Å²) in [5.74, 6) is -0.359. The fraction of sp³-hybridized carbons (Fsp3) is 0.125. The summed E-state index contributed by atoms with van der Waals surface area (Å²) in [7, 11) is -2.51. The van der Waals surface area contributed by atoms with Gasteiger partial charge in [-0.05, 0) is 30.2 Å². The summed E-state index contributed by atoms with van der Waals surface area (Å²) in [4.78, 5) is 48.0. The normalized spacial score (nSPS) is 13.2. The predicted molar refractivity (Wildman–Crippen MR) is 116 cm³/mol. The van der Waals surface area contributed by atoms with E-state index in [9.17, 15) is 19.3 Å².